The predicted molar refractivity (Wildman–Crippen MR) is 133 cm³/mol. The van der Waals surface area contributed by atoms with E-state index in [1.54, 1.807) is 0 Å². The summed E-state index contributed by atoms with van der Waals surface area (Å²) in [5, 5.41) is 11.5. The van der Waals surface area contributed by atoms with Crippen LogP contribution in [0.4, 0.5) is 32.0 Å². The van der Waals surface area contributed by atoms with Gasteiger partial charge in [0.05, 0.1) is 30.8 Å². The van der Waals surface area contributed by atoms with E-state index in [1.165, 1.54) is 18.2 Å². The van der Waals surface area contributed by atoms with Gasteiger partial charge in [-0.25, -0.2) is 21.6 Å². The first-order valence-electron chi connectivity index (χ1n) is 11.8. The van der Waals surface area contributed by atoms with E-state index in [0.717, 1.165) is 47.8 Å². The zero-order valence-electron chi connectivity index (χ0n) is 21.3. The normalized spacial score (nSPS) is 16.8. The van der Waals surface area contributed by atoms with Crippen molar-refractivity contribution in [1.29, 1.82) is 0 Å². The van der Waals surface area contributed by atoms with E-state index in [0.29, 0.717) is 0 Å². The zero-order valence-corrected chi connectivity index (χ0v) is 22.1. The minimum Gasteiger partial charge on any atom is -0.494 e. The van der Waals surface area contributed by atoms with Crippen LogP contribution in [0.15, 0.2) is 59.5 Å². The second-order valence-electron chi connectivity index (χ2n) is 9.16. The number of benzene rings is 3. The number of fused-ring (bicyclic) bond motifs is 1. The summed E-state index contributed by atoms with van der Waals surface area (Å²) in [4.78, 5) is 11.6. The van der Waals surface area contributed by atoms with E-state index < -0.39 is 75.0 Å². The van der Waals surface area contributed by atoms with E-state index in [2.05, 4.69) is 0 Å². The fourth-order valence-electron chi connectivity index (χ4n) is 3.97. The van der Waals surface area contributed by atoms with Gasteiger partial charge in [0, 0.05) is 11.6 Å². The topological polar surface area (TPSA) is 105 Å². The lowest BCUT2D eigenvalue weighted by atomic mass is 10.0. The van der Waals surface area contributed by atoms with Crippen LogP contribution in [0.1, 0.15) is 6.92 Å². The molecule has 2 unspecified atom stereocenters. The molecule has 0 spiro atoms. The summed E-state index contributed by atoms with van der Waals surface area (Å²) in [7, 11) is -3.45. The molecule has 4 rings (SSSR count). The van der Waals surface area contributed by atoms with Crippen LogP contribution in [0.3, 0.4) is 0 Å². The summed E-state index contributed by atoms with van der Waals surface area (Å²) in [5.74, 6) is -4.74. The van der Waals surface area contributed by atoms with Crippen molar-refractivity contribution in [3.05, 3.63) is 72.0 Å². The SMILES string of the molecule is COc1cc(S(=O)(=O)N2CC(CNC(=O)C(C)(O)C(F)(F)F)Oc3ccc(-c4cc(F)ccc4F)cc32)ccc1F. The molecule has 0 radical (unpaired) electrons. The molecule has 41 heavy (non-hydrogen) atoms. The van der Waals surface area contributed by atoms with Crippen molar-refractivity contribution in [2.24, 2.45) is 0 Å². The monoisotopic (exact) mass is 604 g/mol. The molecule has 1 heterocycles. The molecule has 0 saturated carbocycles. The first kappa shape index (κ1) is 30.0. The first-order valence-corrected chi connectivity index (χ1v) is 13.2. The molecule has 0 aliphatic carbocycles. The summed E-state index contributed by atoms with van der Waals surface area (Å²) in [6.45, 7) is -0.993. The zero-order chi connectivity index (χ0) is 30.3. The fourth-order valence-corrected chi connectivity index (χ4v) is 5.48. The van der Waals surface area contributed by atoms with Gasteiger partial charge in [-0.2, -0.15) is 13.2 Å². The summed E-state index contributed by atoms with van der Waals surface area (Å²) >= 11 is 0. The molecule has 1 aliphatic heterocycles. The number of nitrogens with one attached hydrogen (secondary N) is 1. The number of nitrogens with zero attached hydrogens (tertiary/aromatic N) is 1. The Bertz CT molecular complexity index is 1600. The lowest BCUT2D eigenvalue weighted by Crippen LogP contribution is -2.57. The molecule has 1 aliphatic rings. The van der Waals surface area contributed by atoms with Crippen LogP contribution in [0.5, 0.6) is 11.5 Å². The Morgan fingerprint density at radius 2 is 1.76 bits per heavy atom. The van der Waals surface area contributed by atoms with Gasteiger partial charge in [0.15, 0.2) is 11.6 Å². The van der Waals surface area contributed by atoms with Gasteiger partial charge >= 0.3 is 6.18 Å². The van der Waals surface area contributed by atoms with Crippen molar-refractivity contribution in [3.8, 4) is 22.6 Å². The first-order chi connectivity index (χ1) is 19.1. The number of anilines is 1. The third-order valence-electron chi connectivity index (χ3n) is 6.33. The molecule has 2 N–H and O–H groups in total. The van der Waals surface area contributed by atoms with Gasteiger partial charge < -0.3 is 19.9 Å². The average Bonchev–Trinajstić information content (AvgIpc) is 2.91. The Balaban J connectivity index is 1.76. The molecular formula is C26H22F6N2O6S. The number of carbonyl (C=O) groups is 1. The number of alkyl halides is 3. The highest BCUT2D eigenvalue weighted by Crippen LogP contribution is 2.41. The lowest BCUT2D eigenvalue weighted by molar-refractivity contribution is -0.245. The van der Waals surface area contributed by atoms with Crippen LogP contribution in [-0.2, 0) is 14.8 Å². The van der Waals surface area contributed by atoms with Crippen LogP contribution in [-0.4, -0.2) is 57.5 Å². The minimum atomic E-state index is -5.29. The van der Waals surface area contributed by atoms with Gasteiger partial charge in [-0.3, -0.25) is 9.10 Å². The quantitative estimate of drug-likeness (QED) is 0.393. The van der Waals surface area contributed by atoms with Gasteiger partial charge in [-0.1, -0.05) is 6.07 Å². The number of amides is 1. The summed E-state index contributed by atoms with van der Waals surface area (Å²) < 4.78 is 120. The number of hydrogen-bond acceptors (Lipinski definition) is 6. The van der Waals surface area contributed by atoms with Crippen molar-refractivity contribution in [2.45, 2.75) is 29.7 Å². The number of rotatable bonds is 7. The third-order valence-corrected chi connectivity index (χ3v) is 8.10. The standard InChI is InChI=1S/C26H22F6N2O6S/c1-25(36,26(30,31)32)24(35)33-12-16-13-34(41(37,38)17-5-7-20(29)23(11-17)39-2)21-9-14(3-8-22(21)40-16)18-10-15(27)4-6-19(18)28/h3-11,16,36H,12-13H2,1-2H3,(H,33,35). The van der Waals surface area contributed by atoms with E-state index in [1.807, 2.05) is 5.32 Å². The molecule has 0 saturated heterocycles. The van der Waals surface area contributed by atoms with Gasteiger partial charge in [-0.15, -0.1) is 0 Å². The third kappa shape index (κ3) is 5.77. The Kier molecular flexibility index (Phi) is 7.88. The Morgan fingerprint density at radius 1 is 1.07 bits per heavy atom. The maximum Gasteiger partial charge on any atom is 0.426 e. The lowest BCUT2D eigenvalue weighted by Gasteiger charge is -2.36. The molecular weight excluding hydrogens is 582 g/mol. The van der Waals surface area contributed by atoms with Crippen molar-refractivity contribution in [3.63, 3.8) is 0 Å². The van der Waals surface area contributed by atoms with Crippen molar-refractivity contribution < 1.29 is 54.1 Å². The molecule has 220 valence electrons. The molecule has 0 fully saturated rings. The molecule has 3 aromatic rings. The minimum absolute atomic E-state index is 0.0641. The second kappa shape index (κ2) is 10.8. The maximum atomic E-state index is 14.5. The van der Waals surface area contributed by atoms with Crippen LogP contribution >= 0.6 is 0 Å². The van der Waals surface area contributed by atoms with Crippen molar-refractivity contribution in [1.82, 2.24) is 5.32 Å². The van der Waals surface area contributed by atoms with Gasteiger partial charge in [0.1, 0.15) is 23.5 Å². The van der Waals surface area contributed by atoms with E-state index in [9.17, 15) is 44.7 Å². The molecule has 0 bridgehead atoms. The summed E-state index contributed by atoms with van der Waals surface area (Å²) in [6, 6.07) is 9.14. The molecule has 3 aromatic carbocycles. The highest BCUT2D eigenvalue weighted by atomic mass is 32.2. The molecule has 8 nitrogen and oxygen atoms in total. The Labute approximate surface area is 230 Å². The number of ether oxygens (including phenoxy) is 2. The van der Waals surface area contributed by atoms with Gasteiger partial charge in [0.2, 0.25) is 5.60 Å². The Morgan fingerprint density at radius 3 is 2.41 bits per heavy atom. The summed E-state index contributed by atoms with van der Waals surface area (Å²) in [6.07, 6.45) is -6.57. The molecule has 1 amide bonds. The van der Waals surface area contributed by atoms with Gasteiger partial charge in [-0.05, 0) is 55.0 Å². The van der Waals surface area contributed by atoms with Crippen LogP contribution in [0, 0.1) is 17.5 Å². The highest BCUT2D eigenvalue weighted by Gasteiger charge is 2.55. The number of carbonyl (C=O) groups excluding carboxylic acids is 1. The molecule has 0 aromatic heterocycles. The number of halogens is 6. The van der Waals surface area contributed by atoms with Crippen LogP contribution in [0.25, 0.3) is 11.1 Å². The molecule has 15 heteroatoms. The van der Waals surface area contributed by atoms with E-state index in [-0.39, 0.29) is 29.5 Å². The van der Waals surface area contributed by atoms with Crippen LogP contribution < -0.4 is 19.1 Å². The highest BCUT2D eigenvalue weighted by molar-refractivity contribution is 7.92. The van der Waals surface area contributed by atoms with Crippen molar-refractivity contribution in [2.75, 3.05) is 24.5 Å². The van der Waals surface area contributed by atoms with Crippen LogP contribution in [0.2, 0.25) is 0 Å². The smallest absolute Gasteiger partial charge is 0.426 e. The van der Waals surface area contributed by atoms with E-state index in [4.69, 9.17) is 9.47 Å². The largest absolute Gasteiger partial charge is 0.494 e. The maximum absolute atomic E-state index is 14.5. The van der Waals surface area contributed by atoms with Gasteiger partial charge in [0.25, 0.3) is 15.9 Å². The Hall–Kier alpha value is -3.98. The summed E-state index contributed by atoms with van der Waals surface area (Å²) in [5.41, 5.74) is -4.02. The average molecular weight is 605 g/mol. The number of hydrogen-bond donors (Lipinski definition) is 2. The molecule has 2 atom stereocenters. The predicted octanol–water partition coefficient (Wildman–Crippen LogP) is 4.17. The number of methoxy groups -OCH3 is 1. The second-order valence-corrected chi connectivity index (χ2v) is 11.0. The number of aliphatic hydroxyl groups is 1. The van der Waals surface area contributed by atoms with E-state index >= 15 is 0 Å². The van der Waals surface area contributed by atoms with Crippen molar-refractivity contribution >= 4 is 21.6 Å². The fraction of sp³-hybridized carbons (Fsp3) is 0.269. The number of sulfonamides is 1.